The van der Waals surface area contributed by atoms with Gasteiger partial charge in [0.1, 0.15) is 0 Å². The molecule has 0 saturated heterocycles. The number of aliphatic carboxylic acids is 1. The molecule has 4 nitrogen and oxygen atoms in total. The Labute approximate surface area is 88.8 Å². The summed E-state index contributed by atoms with van der Waals surface area (Å²) in [6.45, 7) is 0. The van der Waals surface area contributed by atoms with E-state index in [1.54, 1.807) is 0 Å². The minimum atomic E-state index is -1.44. The molecule has 40 valence electrons. The quantitative estimate of drug-likeness (QED) is 0.308. The van der Waals surface area contributed by atoms with Crippen LogP contribution in [0.3, 0.4) is 0 Å². The van der Waals surface area contributed by atoms with Gasteiger partial charge in [-0.2, -0.15) is 0 Å². The summed E-state index contributed by atoms with van der Waals surface area (Å²) in [5.41, 5.74) is 4.43. The molecular formula is C3H4KNO3. The Balaban J connectivity index is 0. The van der Waals surface area contributed by atoms with E-state index in [0.29, 0.717) is 0 Å². The van der Waals surface area contributed by atoms with Gasteiger partial charge in [-0.05, 0) is 0 Å². The molecule has 2 N–H and O–H groups in total. The van der Waals surface area contributed by atoms with Crippen LogP contribution < -0.4 is 62.2 Å². The zero-order chi connectivity index (χ0) is 5.86. The van der Waals surface area contributed by atoms with Crippen LogP contribution in [0.25, 0.3) is 0 Å². The number of hydrogen-bond acceptors (Lipinski definition) is 3. The van der Waals surface area contributed by atoms with Crippen LogP contribution in [0.1, 0.15) is 6.42 Å². The second-order valence-corrected chi connectivity index (χ2v) is 1.02. The summed E-state index contributed by atoms with van der Waals surface area (Å²) < 4.78 is 0. The van der Waals surface area contributed by atoms with E-state index in [4.69, 9.17) is 0 Å². The Kier molecular flexibility index (Phi) is 8.12. The van der Waals surface area contributed by atoms with Gasteiger partial charge in [-0.15, -0.1) is 0 Å². The smallest absolute Gasteiger partial charge is 0.550 e. The van der Waals surface area contributed by atoms with Gasteiger partial charge in [0, 0.05) is 0 Å². The van der Waals surface area contributed by atoms with Crippen molar-refractivity contribution >= 4 is 11.9 Å². The number of primary amides is 1. The summed E-state index contributed by atoms with van der Waals surface area (Å²) in [6.07, 6.45) is -0.694. The van der Waals surface area contributed by atoms with E-state index in [1.165, 1.54) is 0 Å². The molecule has 0 atom stereocenters. The fourth-order valence-corrected chi connectivity index (χ4v) is 0.142. The summed E-state index contributed by atoms with van der Waals surface area (Å²) in [5.74, 6) is -2.31. The SMILES string of the molecule is NC(=O)CC(=O)[O-].[K+]. The van der Waals surface area contributed by atoms with Crippen molar-refractivity contribution < 1.29 is 66.1 Å². The molecule has 0 aromatic carbocycles. The van der Waals surface area contributed by atoms with Crippen molar-refractivity contribution in [1.82, 2.24) is 0 Å². The second kappa shape index (κ2) is 5.71. The molecule has 0 rings (SSSR count). The number of nitrogens with two attached hydrogens (primary N) is 1. The molecule has 0 saturated carbocycles. The fraction of sp³-hybridized carbons (Fsp3) is 0.333. The van der Waals surface area contributed by atoms with Crippen LogP contribution in [0.4, 0.5) is 0 Å². The van der Waals surface area contributed by atoms with E-state index in [9.17, 15) is 14.7 Å². The van der Waals surface area contributed by atoms with E-state index in [1.807, 2.05) is 0 Å². The van der Waals surface area contributed by atoms with Crippen LogP contribution >= 0.6 is 0 Å². The van der Waals surface area contributed by atoms with Crippen molar-refractivity contribution in [3.05, 3.63) is 0 Å². The van der Waals surface area contributed by atoms with Gasteiger partial charge < -0.3 is 15.6 Å². The monoisotopic (exact) mass is 141 g/mol. The van der Waals surface area contributed by atoms with Gasteiger partial charge in [-0.1, -0.05) is 0 Å². The number of carboxylic acids is 1. The zero-order valence-electron chi connectivity index (χ0n) is 4.51. The predicted molar refractivity (Wildman–Crippen MR) is 18.8 cm³/mol. The van der Waals surface area contributed by atoms with Gasteiger partial charge in [0.05, 0.1) is 12.4 Å². The van der Waals surface area contributed by atoms with Crippen LogP contribution in [-0.4, -0.2) is 11.9 Å². The standard InChI is InChI=1S/C3H5NO3.K/c4-2(5)1-3(6)7;/h1H2,(H2,4,5)(H,6,7);/q;+1/p-1. The van der Waals surface area contributed by atoms with Gasteiger partial charge >= 0.3 is 51.4 Å². The molecule has 0 bridgehead atoms. The first-order valence-corrected chi connectivity index (χ1v) is 1.61. The van der Waals surface area contributed by atoms with Crippen molar-refractivity contribution in [2.45, 2.75) is 6.42 Å². The van der Waals surface area contributed by atoms with E-state index < -0.39 is 18.3 Å². The number of rotatable bonds is 2. The molecule has 0 heterocycles. The van der Waals surface area contributed by atoms with Crippen LogP contribution in [0.5, 0.6) is 0 Å². The maximum absolute atomic E-state index is 9.61. The first kappa shape index (κ1) is 11.4. The molecule has 0 aromatic heterocycles. The number of amides is 1. The largest absolute Gasteiger partial charge is 1.00 e. The maximum Gasteiger partial charge on any atom is 1.00 e. The third-order valence-corrected chi connectivity index (χ3v) is 0.319. The van der Waals surface area contributed by atoms with Crippen molar-refractivity contribution in [3.63, 3.8) is 0 Å². The molecule has 1 amide bonds. The van der Waals surface area contributed by atoms with E-state index in [-0.39, 0.29) is 51.4 Å². The Morgan fingerprint density at radius 3 is 1.88 bits per heavy atom. The summed E-state index contributed by atoms with van der Waals surface area (Å²) in [5, 5.41) is 9.40. The summed E-state index contributed by atoms with van der Waals surface area (Å²) in [6, 6.07) is 0. The Hall–Kier alpha value is 0.576. The average Bonchev–Trinajstić information content (AvgIpc) is 1.27. The van der Waals surface area contributed by atoms with Crippen LogP contribution in [0.15, 0.2) is 0 Å². The molecule has 0 aliphatic carbocycles. The molecule has 0 radical (unpaired) electrons. The molecule has 0 aliphatic rings. The van der Waals surface area contributed by atoms with Gasteiger partial charge in [-0.3, -0.25) is 4.79 Å². The van der Waals surface area contributed by atoms with E-state index >= 15 is 0 Å². The third kappa shape index (κ3) is 9.76. The molecule has 8 heavy (non-hydrogen) atoms. The zero-order valence-corrected chi connectivity index (χ0v) is 7.63. The van der Waals surface area contributed by atoms with E-state index in [2.05, 4.69) is 5.73 Å². The number of hydrogen-bond donors (Lipinski definition) is 1. The van der Waals surface area contributed by atoms with Crippen molar-refractivity contribution in [2.24, 2.45) is 5.73 Å². The topological polar surface area (TPSA) is 83.2 Å². The second-order valence-electron chi connectivity index (χ2n) is 1.02. The normalized spacial score (nSPS) is 7.00. The Morgan fingerprint density at radius 2 is 1.88 bits per heavy atom. The average molecular weight is 141 g/mol. The molecule has 0 fully saturated rings. The summed E-state index contributed by atoms with van der Waals surface area (Å²) in [4.78, 5) is 19.0. The fourth-order valence-electron chi connectivity index (χ4n) is 0.142. The number of carbonyl (C=O) groups is 2. The van der Waals surface area contributed by atoms with Crippen molar-refractivity contribution in [2.75, 3.05) is 0 Å². The molecule has 0 spiro atoms. The minimum absolute atomic E-state index is 0. The third-order valence-electron chi connectivity index (χ3n) is 0.319. The molecule has 0 aromatic rings. The van der Waals surface area contributed by atoms with Gasteiger partial charge in [0.15, 0.2) is 0 Å². The maximum atomic E-state index is 9.61. The molecule has 0 aliphatic heterocycles. The van der Waals surface area contributed by atoms with E-state index in [0.717, 1.165) is 0 Å². The van der Waals surface area contributed by atoms with Crippen LogP contribution in [-0.2, 0) is 9.59 Å². The van der Waals surface area contributed by atoms with Gasteiger partial charge in [0.2, 0.25) is 5.91 Å². The number of carbonyl (C=O) groups excluding carboxylic acids is 2. The minimum Gasteiger partial charge on any atom is -0.550 e. The predicted octanol–water partition coefficient (Wildman–Crippen LogP) is -5.38. The van der Waals surface area contributed by atoms with Crippen molar-refractivity contribution in [1.29, 1.82) is 0 Å². The van der Waals surface area contributed by atoms with Crippen LogP contribution in [0, 0.1) is 0 Å². The summed E-state index contributed by atoms with van der Waals surface area (Å²) in [7, 11) is 0. The first-order valence-electron chi connectivity index (χ1n) is 1.61. The Morgan fingerprint density at radius 1 is 1.50 bits per heavy atom. The number of carboxylic acid groups (broad SMARTS) is 1. The summed E-state index contributed by atoms with van der Waals surface area (Å²) >= 11 is 0. The molecule has 0 unspecified atom stereocenters. The van der Waals surface area contributed by atoms with Crippen molar-refractivity contribution in [3.8, 4) is 0 Å². The first-order chi connectivity index (χ1) is 3.13. The van der Waals surface area contributed by atoms with Gasteiger partial charge in [0.25, 0.3) is 0 Å². The van der Waals surface area contributed by atoms with Crippen LogP contribution in [0.2, 0.25) is 0 Å². The Bertz CT molecular complexity index is 90.7. The van der Waals surface area contributed by atoms with Gasteiger partial charge in [-0.25, -0.2) is 0 Å². The molecule has 5 heteroatoms. The molecular weight excluding hydrogens is 137 g/mol.